The number of benzene rings is 2. The van der Waals surface area contributed by atoms with Gasteiger partial charge >= 0.3 is 0 Å². The summed E-state index contributed by atoms with van der Waals surface area (Å²) in [6.45, 7) is 4.65. The average molecular weight is 434 g/mol. The van der Waals surface area contributed by atoms with Gasteiger partial charge in [-0.3, -0.25) is 14.6 Å². The molecule has 1 aliphatic rings. The van der Waals surface area contributed by atoms with Gasteiger partial charge < -0.3 is 4.74 Å². The average Bonchev–Trinajstić information content (AvgIpc) is 3.14. The van der Waals surface area contributed by atoms with Crippen LogP contribution in [0.2, 0.25) is 5.02 Å². The summed E-state index contributed by atoms with van der Waals surface area (Å²) in [5, 5.41) is 1.22. The predicted molar refractivity (Wildman–Crippen MR) is 115 cm³/mol. The fraction of sp³-hybridized carbons (Fsp3) is 0.333. The van der Waals surface area contributed by atoms with Crippen LogP contribution in [0.1, 0.15) is 16.8 Å². The minimum absolute atomic E-state index is 0.253. The normalized spacial score (nSPS) is 15.0. The van der Waals surface area contributed by atoms with Crippen LogP contribution >= 0.6 is 22.9 Å². The molecular weight excluding hydrogens is 413 g/mol. The Morgan fingerprint density at radius 2 is 2.07 bits per heavy atom. The number of aromatic nitrogens is 1. The van der Waals surface area contributed by atoms with Crippen LogP contribution in [-0.2, 0) is 4.74 Å². The van der Waals surface area contributed by atoms with Crippen LogP contribution in [0.3, 0.4) is 0 Å². The van der Waals surface area contributed by atoms with E-state index in [9.17, 15) is 9.18 Å². The first kappa shape index (κ1) is 20.2. The molecule has 8 heteroatoms. The Bertz CT molecular complexity index is 1010. The molecule has 0 spiro atoms. The third-order valence-corrected chi connectivity index (χ3v) is 6.12. The molecule has 0 radical (unpaired) electrons. The maximum absolute atomic E-state index is 13.7. The molecule has 1 fully saturated rings. The van der Waals surface area contributed by atoms with Gasteiger partial charge in [0.2, 0.25) is 0 Å². The maximum Gasteiger partial charge on any atom is 0.260 e. The number of halogens is 2. The Morgan fingerprint density at radius 1 is 1.24 bits per heavy atom. The molecule has 4 rings (SSSR count). The lowest BCUT2D eigenvalue weighted by molar-refractivity contribution is 0.0376. The number of rotatable bonds is 6. The van der Waals surface area contributed by atoms with Crippen LogP contribution in [0.4, 0.5) is 9.52 Å². The van der Waals surface area contributed by atoms with Gasteiger partial charge in [0.15, 0.2) is 5.13 Å². The number of anilines is 1. The van der Waals surface area contributed by atoms with Gasteiger partial charge in [0.25, 0.3) is 5.91 Å². The lowest BCUT2D eigenvalue weighted by Gasteiger charge is -2.27. The smallest absolute Gasteiger partial charge is 0.260 e. The zero-order valence-electron chi connectivity index (χ0n) is 15.8. The molecule has 3 aromatic rings. The van der Waals surface area contributed by atoms with Crippen LogP contribution in [-0.4, -0.2) is 55.2 Å². The van der Waals surface area contributed by atoms with Gasteiger partial charge in [0.05, 0.1) is 23.4 Å². The van der Waals surface area contributed by atoms with Gasteiger partial charge in [-0.15, -0.1) is 0 Å². The molecule has 0 bridgehead atoms. The van der Waals surface area contributed by atoms with Crippen LogP contribution in [0.5, 0.6) is 0 Å². The molecule has 1 amide bonds. The quantitative estimate of drug-likeness (QED) is 0.575. The van der Waals surface area contributed by atoms with Crippen molar-refractivity contribution in [1.82, 2.24) is 9.88 Å². The molecule has 2 heterocycles. The Balaban J connectivity index is 1.57. The van der Waals surface area contributed by atoms with E-state index in [1.165, 1.54) is 23.5 Å². The molecule has 0 saturated carbocycles. The van der Waals surface area contributed by atoms with Gasteiger partial charge in [-0.2, -0.15) is 0 Å². The third kappa shape index (κ3) is 4.93. The Hall–Kier alpha value is -2.06. The summed E-state index contributed by atoms with van der Waals surface area (Å²) in [5.74, 6) is -0.683. The van der Waals surface area contributed by atoms with E-state index >= 15 is 0 Å². The van der Waals surface area contributed by atoms with Crippen molar-refractivity contribution in [3.05, 3.63) is 58.9 Å². The van der Waals surface area contributed by atoms with Crippen LogP contribution in [0.15, 0.2) is 42.5 Å². The third-order valence-electron chi connectivity index (χ3n) is 4.85. The molecule has 0 N–H and O–H groups in total. The highest BCUT2D eigenvalue weighted by molar-refractivity contribution is 7.22. The Morgan fingerprint density at radius 3 is 2.86 bits per heavy atom. The first-order valence-corrected chi connectivity index (χ1v) is 10.7. The highest BCUT2D eigenvalue weighted by Crippen LogP contribution is 2.31. The van der Waals surface area contributed by atoms with Crippen molar-refractivity contribution in [2.24, 2.45) is 0 Å². The van der Waals surface area contributed by atoms with E-state index < -0.39 is 5.82 Å². The van der Waals surface area contributed by atoms with Crippen molar-refractivity contribution < 1.29 is 13.9 Å². The van der Waals surface area contributed by atoms with Gasteiger partial charge in [-0.25, -0.2) is 9.37 Å². The van der Waals surface area contributed by atoms with Gasteiger partial charge in [-0.05, 0) is 42.8 Å². The number of fused-ring (bicyclic) bond motifs is 1. The minimum Gasteiger partial charge on any atom is -0.379 e. The SMILES string of the molecule is O=C(c1cccc(F)c1)N(CCCN1CCOCC1)c1nc2ccc(Cl)cc2s1. The molecule has 1 aromatic heterocycles. The Labute approximate surface area is 177 Å². The number of ether oxygens (including phenoxy) is 1. The second-order valence-electron chi connectivity index (χ2n) is 6.88. The number of nitrogens with zero attached hydrogens (tertiary/aromatic N) is 3. The highest BCUT2D eigenvalue weighted by Gasteiger charge is 2.22. The lowest BCUT2D eigenvalue weighted by Crippen LogP contribution is -2.39. The van der Waals surface area contributed by atoms with Crippen LogP contribution < -0.4 is 4.90 Å². The highest BCUT2D eigenvalue weighted by atomic mass is 35.5. The molecule has 0 unspecified atom stereocenters. The van der Waals surface area contributed by atoms with E-state index in [0.29, 0.717) is 22.3 Å². The Kier molecular flexibility index (Phi) is 6.40. The van der Waals surface area contributed by atoms with Gasteiger partial charge in [0.1, 0.15) is 5.82 Å². The van der Waals surface area contributed by atoms with E-state index in [-0.39, 0.29) is 5.91 Å². The summed E-state index contributed by atoms with van der Waals surface area (Å²) >= 11 is 7.51. The van der Waals surface area contributed by atoms with Crippen LogP contribution in [0, 0.1) is 5.82 Å². The monoisotopic (exact) mass is 433 g/mol. The number of carbonyl (C=O) groups excluding carboxylic acids is 1. The fourth-order valence-corrected chi connectivity index (χ4v) is 4.61. The number of hydrogen-bond acceptors (Lipinski definition) is 5. The number of hydrogen-bond donors (Lipinski definition) is 0. The molecule has 1 saturated heterocycles. The molecule has 1 aliphatic heterocycles. The fourth-order valence-electron chi connectivity index (χ4n) is 3.34. The van der Waals surface area contributed by atoms with Crippen LogP contribution in [0.25, 0.3) is 10.2 Å². The summed E-state index contributed by atoms with van der Waals surface area (Å²) in [5.41, 5.74) is 1.10. The zero-order valence-corrected chi connectivity index (χ0v) is 17.4. The number of morpholine rings is 1. The molecule has 0 atom stereocenters. The minimum atomic E-state index is -0.430. The summed E-state index contributed by atoms with van der Waals surface area (Å²) < 4.78 is 20.0. The topological polar surface area (TPSA) is 45.7 Å². The van der Waals surface area contributed by atoms with E-state index in [4.69, 9.17) is 16.3 Å². The van der Waals surface area contributed by atoms with E-state index in [2.05, 4.69) is 9.88 Å². The number of amides is 1. The second-order valence-corrected chi connectivity index (χ2v) is 8.33. The zero-order chi connectivity index (χ0) is 20.2. The number of carbonyl (C=O) groups is 1. The van der Waals surface area contributed by atoms with Crippen molar-refractivity contribution in [3.8, 4) is 0 Å². The molecule has 29 heavy (non-hydrogen) atoms. The molecular formula is C21H21ClFN3O2S. The summed E-state index contributed by atoms with van der Waals surface area (Å²) in [6.07, 6.45) is 0.789. The van der Waals surface area contributed by atoms with Crippen molar-refractivity contribution in [3.63, 3.8) is 0 Å². The van der Waals surface area contributed by atoms with Gasteiger partial charge in [-0.1, -0.05) is 29.0 Å². The molecule has 152 valence electrons. The van der Waals surface area contributed by atoms with E-state index in [1.54, 1.807) is 23.1 Å². The molecule has 5 nitrogen and oxygen atoms in total. The summed E-state index contributed by atoms with van der Waals surface area (Å²) in [6, 6.07) is 11.2. The van der Waals surface area contributed by atoms with E-state index in [0.717, 1.165) is 49.5 Å². The first-order chi connectivity index (χ1) is 14.1. The predicted octanol–water partition coefficient (Wildman–Crippen LogP) is 4.46. The number of thiazole rings is 1. The maximum atomic E-state index is 13.7. The summed E-state index contributed by atoms with van der Waals surface area (Å²) in [4.78, 5) is 21.8. The van der Waals surface area contributed by atoms with Crippen molar-refractivity contribution in [2.75, 3.05) is 44.3 Å². The lowest BCUT2D eigenvalue weighted by atomic mass is 10.2. The van der Waals surface area contributed by atoms with Crippen molar-refractivity contribution >= 4 is 44.2 Å². The van der Waals surface area contributed by atoms with E-state index in [1.807, 2.05) is 12.1 Å². The largest absolute Gasteiger partial charge is 0.379 e. The second kappa shape index (κ2) is 9.17. The standard InChI is InChI=1S/C21H21ClFN3O2S/c22-16-5-6-18-19(14-16)29-21(24-18)26(8-2-7-25-9-11-28-12-10-25)20(27)15-3-1-4-17(23)13-15/h1,3-6,13-14H,2,7-12H2. The summed E-state index contributed by atoms with van der Waals surface area (Å²) in [7, 11) is 0. The van der Waals surface area contributed by atoms with Gasteiger partial charge in [0, 0.05) is 36.8 Å². The van der Waals surface area contributed by atoms with Crippen molar-refractivity contribution in [1.29, 1.82) is 0 Å². The molecule has 2 aromatic carbocycles. The van der Waals surface area contributed by atoms with Crippen molar-refractivity contribution in [2.45, 2.75) is 6.42 Å². The molecule has 0 aliphatic carbocycles. The first-order valence-electron chi connectivity index (χ1n) is 9.54.